The highest BCUT2D eigenvalue weighted by atomic mass is 32.1. The van der Waals surface area contributed by atoms with Gasteiger partial charge in [-0.1, -0.05) is 24.3 Å². The first-order valence-corrected chi connectivity index (χ1v) is 10.3. The lowest BCUT2D eigenvalue weighted by molar-refractivity contribution is 0.102. The molecule has 1 aliphatic carbocycles. The Labute approximate surface area is 174 Å². The highest BCUT2D eigenvalue weighted by Gasteiger charge is 2.20. The zero-order valence-corrected chi connectivity index (χ0v) is 17.2. The van der Waals surface area contributed by atoms with Crippen molar-refractivity contribution in [2.75, 3.05) is 18.9 Å². The van der Waals surface area contributed by atoms with Crippen molar-refractivity contribution in [2.24, 2.45) is 0 Å². The smallest absolute Gasteiger partial charge is 0.284 e. The van der Waals surface area contributed by atoms with Gasteiger partial charge in [-0.2, -0.15) is 0 Å². The number of aromatic nitrogens is 1. The fourth-order valence-electron chi connectivity index (χ4n) is 3.49. The molecule has 0 bridgehead atoms. The molecule has 1 aromatic heterocycles. The molecule has 2 heterocycles. The maximum absolute atomic E-state index is 12.8. The van der Waals surface area contributed by atoms with E-state index in [1.165, 1.54) is 11.3 Å². The third kappa shape index (κ3) is 3.92. The molecule has 0 radical (unpaired) electrons. The summed E-state index contributed by atoms with van der Waals surface area (Å²) in [5.74, 6) is -0.176. The van der Waals surface area contributed by atoms with Gasteiger partial charge in [-0.3, -0.25) is 4.79 Å². The lowest BCUT2D eigenvalue weighted by Gasteiger charge is -2.16. The number of thiazole rings is 1. The summed E-state index contributed by atoms with van der Waals surface area (Å²) in [7, 11) is 1.82. The average molecular weight is 406 g/mol. The summed E-state index contributed by atoms with van der Waals surface area (Å²) < 4.78 is 0. The van der Waals surface area contributed by atoms with Crippen LogP contribution in [0.2, 0.25) is 0 Å². The number of fused-ring (bicyclic) bond motifs is 1. The molecule has 4 N–H and O–H groups in total. The lowest BCUT2D eigenvalue weighted by Crippen LogP contribution is -2.22. The summed E-state index contributed by atoms with van der Waals surface area (Å²) in [6, 6.07) is 5.83. The molecule has 1 amide bonds. The molecule has 2 aromatic rings. The van der Waals surface area contributed by atoms with Crippen molar-refractivity contribution in [3.8, 4) is 0 Å². The molecule has 1 aromatic carbocycles. The summed E-state index contributed by atoms with van der Waals surface area (Å²) in [6.07, 6.45) is 8.44. The summed E-state index contributed by atoms with van der Waals surface area (Å²) in [6.45, 7) is 3.67. The molecule has 6 nitrogen and oxygen atoms in total. The Morgan fingerprint density at radius 1 is 1.34 bits per heavy atom. The number of rotatable bonds is 4. The van der Waals surface area contributed by atoms with Crippen LogP contribution in [-0.2, 0) is 13.0 Å². The van der Waals surface area contributed by atoms with E-state index in [-0.39, 0.29) is 5.91 Å². The third-order valence-corrected chi connectivity index (χ3v) is 6.14. The predicted octanol–water partition coefficient (Wildman–Crippen LogP) is 3.43. The quantitative estimate of drug-likeness (QED) is 0.627. The van der Waals surface area contributed by atoms with Crippen LogP contribution >= 0.6 is 11.3 Å². The zero-order valence-electron chi connectivity index (χ0n) is 16.4. The Morgan fingerprint density at radius 2 is 2.21 bits per heavy atom. The Kier molecular flexibility index (Phi) is 5.42. The van der Waals surface area contributed by atoms with Gasteiger partial charge in [0.05, 0.1) is 11.4 Å². The van der Waals surface area contributed by atoms with Gasteiger partial charge in [0.15, 0.2) is 5.01 Å². The first-order valence-electron chi connectivity index (χ1n) is 9.53. The molecule has 0 saturated heterocycles. The van der Waals surface area contributed by atoms with E-state index in [1.54, 1.807) is 6.20 Å². The number of anilines is 1. The van der Waals surface area contributed by atoms with Gasteiger partial charge in [0.1, 0.15) is 0 Å². The van der Waals surface area contributed by atoms with Crippen LogP contribution in [0.3, 0.4) is 0 Å². The second-order valence-corrected chi connectivity index (χ2v) is 8.07. The van der Waals surface area contributed by atoms with E-state index in [1.807, 2.05) is 50.4 Å². The van der Waals surface area contributed by atoms with Crippen LogP contribution in [0.15, 0.2) is 48.2 Å². The van der Waals surface area contributed by atoms with Crippen LogP contribution in [0.4, 0.5) is 5.69 Å². The molecule has 0 unspecified atom stereocenters. The SMILES string of the molecule is CN/C=C1/C=CC(c2cccc(NC(=O)c3nc4c(s3)CNCC4)c2C)=CC1=N. The minimum atomic E-state index is -0.176. The van der Waals surface area contributed by atoms with Crippen molar-refractivity contribution in [1.82, 2.24) is 15.6 Å². The van der Waals surface area contributed by atoms with E-state index in [4.69, 9.17) is 5.41 Å². The number of amides is 1. The van der Waals surface area contributed by atoms with E-state index in [2.05, 4.69) is 20.9 Å². The molecule has 4 rings (SSSR count). The highest BCUT2D eigenvalue weighted by molar-refractivity contribution is 7.13. The average Bonchev–Trinajstić information content (AvgIpc) is 3.16. The van der Waals surface area contributed by atoms with Gasteiger partial charge in [-0.05, 0) is 35.8 Å². The van der Waals surface area contributed by atoms with Gasteiger partial charge in [0.2, 0.25) is 0 Å². The minimum absolute atomic E-state index is 0.176. The van der Waals surface area contributed by atoms with Crippen molar-refractivity contribution < 1.29 is 4.79 Å². The molecule has 29 heavy (non-hydrogen) atoms. The zero-order chi connectivity index (χ0) is 20.4. The summed E-state index contributed by atoms with van der Waals surface area (Å²) in [4.78, 5) is 18.5. The number of nitrogens with zero attached hydrogens (tertiary/aromatic N) is 1. The van der Waals surface area contributed by atoms with Crippen LogP contribution in [-0.4, -0.2) is 30.2 Å². The third-order valence-electron chi connectivity index (χ3n) is 5.04. The first-order chi connectivity index (χ1) is 14.1. The predicted molar refractivity (Wildman–Crippen MR) is 119 cm³/mol. The molecule has 0 atom stereocenters. The Morgan fingerprint density at radius 3 is 2.97 bits per heavy atom. The maximum atomic E-state index is 12.8. The maximum Gasteiger partial charge on any atom is 0.284 e. The number of allylic oxidation sites excluding steroid dienone is 5. The van der Waals surface area contributed by atoms with E-state index in [9.17, 15) is 4.79 Å². The summed E-state index contributed by atoms with van der Waals surface area (Å²) in [5, 5.41) is 18.0. The van der Waals surface area contributed by atoms with Crippen molar-refractivity contribution in [1.29, 1.82) is 5.41 Å². The van der Waals surface area contributed by atoms with Gasteiger partial charge in [-0.25, -0.2) is 4.98 Å². The van der Waals surface area contributed by atoms with Crippen LogP contribution in [0.25, 0.3) is 5.57 Å². The van der Waals surface area contributed by atoms with Crippen LogP contribution in [0, 0.1) is 12.3 Å². The molecule has 0 fully saturated rings. The first kappa shape index (κ1) is 19.3. The van der Waals surface area contributed by atoms with Crippen molar-refractivity contribution in [3.63, 3.8) is 0 Å². The van der Waals surface area contributed by atoms with Gasteiger partial charge >= 0.3 is 0 Å². The standard InChI is InChI=1S/C22H23N5OS/c1-13-16(14-6-7-15(11-24-2)17(23)10-14)4-3-5-18(13)26-21(28)22-27-19-8-9-25-12-20(19)29-22/h3-7,10-11,23-25H,8-9,12H2,1-2H3,(H,26,28)/b15-11-,23-17?. The number of nitrogens with one attached hydrogen (secondary N) is 4. The minimum Gasteiger partial charge on any atom is -0.393 e. The number of carbonyl (C=O) groups is 1. The van der Waals surface area contributed by atoms with E-state index < -0.39 is 0 Å². The van der Waals surface area contributed by atoms with Crippen LogP contribution < -0.4 is 16.0 Å². The summed E-state index contributed by atoms with van der Waals surface area (Å²) in [5.41, 5.74) is 5.99. The van der Waals surface area contributed by atoms with E-state index in [0.29, 0.717) is 10.7 Å². The monoisotopic (exact) mass is 405 g/mol. The van der Waals surface area contributed by atoms with Gasteiger partial charge in [0.25, 0.3) is 5.91 Å². The Bertz CT molecular complexity index is 1050. The topological polar surface area (TPSA) is 89.9 Å². The van der Waals surface area contributed by atoms with Crippen molar-refractivity contribution in [3.05, 3.63) is 74.9 Å². The lowest BCUT2D eigenvalue weighted by atomic mass is 9.92. The van der Waals surface area contributed by atoms with Crippen LogP contribution in [0.1, 0.15) is 31.5 Å². The molecule has 7 heteroatoms. The molecule has 2 aliphatic rings. The molecule has 0 saturated carbocycles. The number of benzene rings is 1. The normalized spacial score (nSPS) is 17.1. The molecule has 1 aliphatic heterocycles. The van der Waals surface area contributed by atoms with Crippen LogP contribution in [0.5, 0.6) is 0 Å². The molecule has 148 valence electrons. The highest BCUT2D eigenvalue weighted by Crippen LogP contribution is 2.30. The fourth-order valence-corrected chi connectivity index (χ4v) is 4.46. The van der Waals surface area contributed by atoms with E-state index in [0.717, 1.165) is 58.0 Å². The van der Waals surface area contributed by atoms with Crippen molar-refractivity contribution >= 4 is 34.2 Å². The second kappa shape index (κ2) is 8.14. The molecular formula is C22H23N5OS. The Balaban J connectivity index is 1.57. The molecule has 0 spiro atoms. The molecular weight excluding hydrogens is 382 g/mol. The summed E-state index contributed by atoms with van der Waals surface area (Å²) >= 11 is 1.46. The number of hydrogen-bond donors (Lipinski definition) is 4. The van der Waals surface area contributed by atoms with Crippen molar-refractivity contribution in [2.45, 2.75) is 19.9 Å². The van der Waals surface area contributed by atoms with Gasteiger partial charge < -0.3 is 21.4 Å². The largest absolute Gasteiger partial charge is 0.393 e. The Hall–Kier alpha value is -3.03. The fraction of sp³-hybridized carbons (Fsp3) is 0.227. The number of hydrogen-bond acceptors (Lipinski definition) is 6. The van der Waals surface area contributed by atoms with Gasteiger partial charge in [-0.15, -0.1) is 11.3 Å². The van der Waals surface area contributed by atoms with E-state index >= 15 is 0 Å². The second-order valence-electron chi connectivity index (χ2n) is 6.98. The van der Waals surface area contributed by atoms with Gasteiger partial charge in [0, 0.05) is 48.9 Å². The number of carbonyl (C=O) groups excluding carboxylic acids is 1.